The Morgan fingerprint density at radius 2 is 1.57 bits per heavy atom. The normalized spacial score (nSPS) is 21.1. The van der Waals surface area contributed by atoms with E-state index in [9.17, 15) is 14.7 Å². The average Bonchev–Trinajstić information content (AvgIpc) is 2.42. The van der Waals surface area contributed by atoms with E-state index in [0.29, 0.717) is 12.8 Å². The fourth-order valence-corrected chi connectivity index (χ4v) is 2.97. The molecule has 0 unspecified atom stereocenters. The van der Waals surface area contributed by atoms with Crippen LogP contribution >= 0.6 is 0 Å². The number of carboxylic acids is 1. The van der Waals surface area contributed by atoms with Crippen molar-refractivity contribution in [3.05, 3.63) is 41.0 Å². The molecule has 0 saturated heterocycles. The summed E-state index contributed by atoms with van der Waals surface area (Å²) < 4.78 is 0. The molecule has 0 bridgehead atoms. The van der Waals surface area contributed by atoms with Crippen molar-refractivity contribution in [1.82, 2.24) is 0 Å². The lowest BCUT2D eigenvalue weighted by atomic mass is 9.82. The fraction of sp³-hybridized carbons (Fsp3) is 0.412. The van der Waals surface area contributed by atoms with Crippen LogP contribution < -0.4 is 5.32 Å². The lowest BCUT2D eigenvalue weighted by molar-refractivity contribution is -0.146. The molecule has 0 saturated carbocycles. The van der Waals surface area contributed by atoms with E-state index in [2.05, 4.69) is 5.32 Å². The molecular weight excluding hydrogens is 266 g/mol. The van der Waals surface area contributed by atoms with Crippen molar-refractivity contribution in [3.63, 3.8) is 0 Å². The summed E-state index contributed by atoms with van der Waals surface area (Å²) in [5.41, 5.74) is 3.94. The maximum Gasteiger partial charge on any atom is 0.307 e. The van der Waals surface area contributed by atoms with Crippen molar-refractivity contribution in [2.75, 3.05) is 5.32 Å². The molecule has 0 radical (unpaired) electrons. The highest BCUT2D eigenvalue weighted by Gasteiger charge is 2.34. The quantitative estimate of drug-likeness (QED) is 0.839. The Bertz CT molecular complexity index is 581. The van der Waals surface area contributed by atoms with E-state index in [1.165, 1.54) is 0 Å². The summed E-state index contributed by atoms with van der Waals surface area (Å²) >= 11 is 0. The second-order valence-corrected chi connectivity index (χ2v) is 5.76. The van der Waals surface area contributed by atoms with Crippen molar-refractivity contribution in [2.24, 2.45) is 11.8 Å². The molecule has 112 valence electrons. The molecular formula is C17H21NO3. The summed E-state index contributed by atoms with van der Waals surface area (Å²) in [6.45, 7) is 5.91. The van der Waals surface area contributed by atoms with Gasteiger partial charge < -0.3 is 10.4 Å². The van der Waals surface area contributed by atoms with E-state index < -0.39 is 17.8 Å². The number of hydrogen-bond donors (Lipinski definition) is 2. The van der Waals surface area contributed by atoms with Gasteiger partial charge in [-0.15, -0.1) is 0 Å². The smallest absolute Gasteiger partial charge is 0.307 e. The summed E-state index contributed by atoms with van der Waals surface area (Å²) in [6.07, 6.45) is 4.62. The maximum atomic E-state index is 12.5. The molecule has 0 heterocycles. The number of hydrogen-bond acceptors (Lipinski definition) is 2. The summed E-state index contributed by atoms with van der Waals surface area (Å²) in [4.78, 5) is 23.7. The van der Waals surface area contributed by atoms with Crippen LogP contribution in [-0.4, -0.2) is 17.0 Å². The second-order valence-electron chi connectivity index (χ2n) is 5.76. The number of carbonyl (C=O) groups excluding carboxylic acids is 1. The summed E-state index contributed by atoms with van der Waals surface area (Å²) in [7, 11) is 0. The topological polar surface area (TPSA) is 66.4 Å². The number of aliphatic carboxylic acids is 1. The summed E-state index contributed by atoms with van der Waals surface area (Å²) in [6, 6.07) is 4.02. The number of allylic oxidation sites excluding steroid dienone is 2. The van der Waals surface area contributed by atoms with Crippen LogP contribution in [0.25, 0.3) is 0 Å². The van der Waals surface area contributed by atoms with E-state index in [1.807, 2.05) is 45.1 Å². The predicted octanol–water partition coefficient (Wildman–Crippen LogP) is 3.22. The highest BCUT2D eigenvalue weighted by atomic mass is 16.4. The maximum absolute atomic E-state index is 12.5. The minimum atomic E-state index is -0.906. The molecule has 1 aliphatic carbocycles. The van der Waals surface area contributed by atoms with Crippen molar-refractivity contribution >= 4 is 17.6 Å². The van der Waals surface area contributed by atoms with Gasteiger partial charge in [0.25, 0.3) is 0 Å². The van der Waals surface area contributed by atoms with Crippen molar-refractivity contribution in [3.8, 4) is 0 Å². The van der Waals surface area contributed by atoms with E-state index in [1.54, 1.807) is 0 Å². The molecule has 2 atom stereocenters. The molecule has 2 N–H and O–H groups in total. The zero-order chi connectivity index (χ0) is 15.6. The Balaban J connectivity index is 2.21. The molecule has 0 spiro atoms. The van der Waals surface area contributed by atoms with Gasteiger partial charge in [0, 0.05) is 5.69 Å². The van der Waals surface area contributed by atoms with Crippen LogP contribution in [0.2, 0.25) is 0 Å². The van der Waals surface area contributed by atoms with Gasteiger partial charge in [-0.05, 0) is 44.7 Å². The van der Waals surface area contributed by atoms with Gasteiger partial charge in [-0.25, -0.2) is 0 Å². The van der Waals surface area contributed by atoms with Gasteiger partial charge in [0.1, 0.15) is 0 Å². The predicted molar refractivity (Wildman–Crippen MR) is 82.3 cm³/mol. The van der Waals surface area contributed by atoms with E-state index in [0.717, 1.165) is 22.4 Å². The Morgan fingerprint density at radius 1 is 1.05 bits per heavy atom. The third-order valence-electron chi connectivity index (χ3n) is 4.01. The van der Waals surface area contributed by atoms with Crippen LogP contribution in [-0.2, 0) is 9.59 Å². The third-order valence-corrected chi connectivity index (χ3v) is 4.01. The van der Waals surface area contributed by atoms with E-state index >= 15 is 0 Å². The lowest BCUT2D eigenvalue weighted by Crippen LogP contribution is -2.35. The van der Waals surface area contributed by atoms with Gasteiger partial charge in [0.2, 0.25) is 5.91 Å². The molecule has 0 aromatic heterocycles. The average molecular weight is 287 g/mol. The van der Waals surface area contributed by atoms with Gasteiger partial charge in [0.05, 0.1) is 11.8 Å². The van der Waals surface area contributed by atoms with Gasteiger partial charge in [-0.1, -0.05) is 29.8 Å². The molecule has 4 nitrogen and oxygen atoms in total. The molecule has 0 aliphatic heterocycles. The fourth-order valence-electron chi connectivity index (χ4n) is 2.97. The first-order valence-corrected chi connectivity index (χ1v) is 7.16. The van der Waals surface area contributed by atoms with E-state index in [4.69, 9.17) is 0 Å². The number of carbonyl (C=O) groups is 2. The Kier molecular flexibility index (Phi) is 4.46. The van der Waals surface area contributed by atoms with Crippen LogP contribution in [0, 0.1) is 32.6 Å². The first-order valence-electron chi connectivity index (χ1n) is 7.16. The lowest BCUT2D eigenvalue weighted by Gasteiger charge is -2.25. The third kappa shape index (κ3) is 3.32. The van der Waals surface area contributed by atoms with Gasteiger partial charge in [-0.3, -0.25) is 9.59 Å². The van der Waals surface area contributed by atoms with Crippen molar-refractivity contribution < 1.29 is 14.7 Å². The van der Waals surface area contributed by atoms with Crippen molar-refractivity contribution in [2.45, 2.75) is 33.6 Å². The molecule has 21 heavy (non-hydrogen) atoms. The van der Waals surface area contributed by atoms with Crippen molar-refractivity contribution in [1.29, 1.82) is 0 Å². The Labute approximate surface area is 124 Å². The van der Waals surface area contributed by atoms with E-state index in [-0.39, 0.29) is 5.91 Å². The minimum Gasteiger partial charge on any atom is -0.481 e. The van der Waals surface area contributed by atoms with Crippen LogP contribution in [0.3, 0.4) is 0 Å². The molecule has 1 aromatic rings. The molecule has 1 amide bonds. The number of amides is 1. The number of nitrogens with one attached hydrogen (secondary N) is 1. The molecule has 0 fully saturated rings. The zero-order valence-corrected chi connectivity index (χ0v) is 12.6. The summed E-state index contributed by atoms with van der Waals surface area (Å²) in [5, 5.41) is 12.2. The number of rotatable bonds is 3. The zero-order valence-electron chi connectivity index (χ0n) is 12.6. The number of anilines is 1. The van der Waals surface area contributed by atoms with Gasteiger partial charge in [0.15, 0.2) is 0 Å². The largest absolute Gasteiger partial charge is 0.481 e. The standard InChI is InChI=1S/C17H21NO3/c1-10-8-11(2)15(12(3)9-10)18-16(19)13-6-4-5-7-14(13)17(20)21/h4-5,8-9,13-14H,6-7H2,1-3H3,(H,18,19)(H,20,21)/t13-,14-/m0/s1. The summed E-state index contributed by atoms with van der Waals surface area (Å²) in [5.74, 6) is -2.26. The Hall–Kier alpha value is -2.10. The first-order chi connectivity index (χ1) is 9.90. The van der Waals surface area contributed by atoms with Gasteiger partial charge >= 0.3 is 5.97 Å². The number of benzene rings is 1. The van der Waals surface area contributed by atoms with Gasteiger partial charge in [-0.2, -0.15) is 0 Å². The molecule has 2 rings (SSSR count). The number of aryl methyl sites for hydroxylation is 3. The Morgan fingerprint density at radius 3 is 2.10 bits per heavy atom. The SMILES string of the molecule is Cc1cc(C)c(NC(=O)[C@H]2CC=CC[C@@H]2C(=O)O)c(C)c1. The monoisotopic (exact) mass is 287 g/mol. The van der Waals surface area contributed by atoms with Crippen LogP contribution in [0.4, 0.5) is 5.69 Å². The highest BCUT2D eigenvalue weighted by Crippen LogP contribution is 2.29. The van der Waals surface area contributed by atoms with Crippen LogP contribution in [0.1, 0.15) is 29.5 Å². The highest BCUT2D eigenvalue weighted by molar-refractivity contribution is 5.96. The first kappa shape index (κ1) is 15.3. The molecule has 1 aliphatic rings. The number of carboxylic acid groups (broad SMARTS) is 1. The van der Waals surface area contributed by atoms with Crippen LogP contribution in [0.5, 0.6) is 0 Å². The second kappa shape index (κ2) is 6.12. The van der Waals surface area contributed by atoms with Crippen LogP contribution in [0.15, 0.2) is 24.3 Å². The molecule has 1 aromatic carbocycles. The minimum absolute atomic E-state index is 0.207. The molecule has 4 heteroatoms.